The van der Waals surface area contributed by atoms with Crippen LogP contribution in [0.25, 0.3) is 0 Å². The average molecular weight is 422 g/mol. The summed E-state index contributed by atoms with van der Waals surface area (Å²) in [5.41, 5.74) is 0.116. The van der Waals surface area contributed by atoms with Gasteiger partial charge in [-0.1, -0.05) is 19.9 Å². The highest BCUT2D eigenvalue weighted by Crippen LogP contribution is 2.36. The van der Waals surface area contributed by atoms with Gasteiger partial charge in [-0.3, -0.25) is 10.1 Å². The van der Waals surface area contributed by atoms with Crippen LogP contribution in [0.4, 0.5) is 5.69 Å². The number of nitrogens with zero attached hydrogens (tertiary/aromatic N) is 1. The van der Waals surface area contributed by atoms with Gasteiger partial charge in [-0.15, -0.1) is 0 Å². The Labute approximate surface area is 168 Å². The number of methoxy groups -OCH3 is 1. The molecule has 1 atom stereocenters. The fraction of sp³-hybridized carbons (Fsp3) is 0.368. The van der Waals surface area contributed by atoms with Crippen LogP contribution in [0.3, 0.4) is 0 Å². The van der Waals surface area contributed by atoms with Gasteiger partial charge >= 0.3 is 0 Å². The van der Waals surface area contributed by atoms with E-state index < -0.39 is 31.6 Å². The number of hydrogen-bond donors (Lipinski definition) is 1. The third kappa shape index (κ3) is 4.43. The van der Waals surface area contributed by atoms with Crippen LogP contribution < -0.4 is 18.9 Å². The molecule has 29 heavy (non-hydrogen) atoms. The maximum Gasteiger partial charge on any atom is 0.293 e. The molecular weight excluding hydrogens is 400 g/mol. The number of nitro groups is 1. The van der Waals surface area contributed by atoms with Crippen molar-refractivity contribution in [3.63, 3.8) is 0 Å². The summed E-state index contributed by atoms with van der Waals surface area (Å²) in [5, 5.41) is 11.4. The second kappa shape index (κ2) is 8.26. The number of ether oxygens (including phenoxy) is 3. The van der Waals surface area contributed by atoms with Crippen LogP contribution in [-0.2, 0) is 10.0 Å². The Morgan fingerprint density at radius 1 is 1.10 bits per heavy atom. The molecule has 156 valence electrons. The fourth-order valence-electron chi connectivity index (χ4n) is 3.07. The van der Waals surface area contributed by atoms with E-state index in [0.717, 1.165) is 6.07 Å². The van der Waals surface area contributed by atoms with Gasteiger partial charge in [-0.05, 0) is 35.7 Å². The minimum absolute atomic E-state index is 0.135. The van der Waals surface area contributed by atoms with Gasteiger partial charge < -0.3 is 14.2 Å². The Hall–Kier alpha value is -2.85. The minimum Gasteiger partial charge on any atom is -0.497 e. The molecular formula is C19H22N2O7S. The third-order valence-electron chi connectivity index (χ3n) is 4.53. The first-order valence-corrected chi connectivity index (χ1v) is 10.5. The van der Waals surface area contributed by atoms with E-state index in [1.807, 2.05) is 13.8 Å². The van der Waals surface area contributed by atoms with Gasteiger partial charge in [0.15, 0.2) is 16.4 Å². The zero-order valence-corrected chi connectivity index (χ0v) is 17.1. The summed E-state index contributed by atoms with van der Waals surface area (Å²) in [4.78, 5) is 10.2. The number of nitro benzene ring substituents is 1. The summed E-state index contributed by atoms with van der Waals surface area (Å²) in [6.45, 7) is 4.57. The summed E-state index contributed by atoms with van der Waals surface area (Å²) in [6.07, 6.45) is 0. The predicted octanol–water partition coefficient (Wildman–Crippen LogP) is 3.05. The SMILES string of the molecule is COc1ccc(S(=O)(=O)NC(c2ccc3c(c2)OCCO3)C(C)C)c([N+](=O)[O-])c1. The lowest BCUT2D eigenvalue weighted by Crippen LogP contribution is -2.32. The van der Waals surface area contributed by atoms with Crippen LogP contribution in [0.15, 0.2) is 41.3 Å². The summed E-state index contributed by atoms with van der Waals surface area (Å²) in [5.74, 6) is 1.19. The van der Waals surface area contributed by atoms with Gasteiger partial charge in [-0.25, -0.2) is 13.1 Å². The molecule has 2 aromatic carbocycles. The molecule has 0 radical (unpaired) electrons. The molecule has 9 nitrogen and oxygen atoms in total. The zero-order chi connectivity index (χ0) is 21.2. The van der Waals surface area contributed by atoms with Crippen LogP contribution in [0.1, 0.15) is 25.5 Å². The van der Waals surface area contributed by atoms with Gasteiger partial charge in [0, 0.05) is 6.04 Å². The van der Waals surface area contributed by atoms with Gasteiger partial charge in [-0.2, -0.15) is 0 Å². The van der Waals surface area contributed by atoms with Crippen LogP contribution in [0.2, 0.25) is 0 Å². The second-order valence-electron chi connectivity index (χ2n) is 6.84. The van der Waals surface area contributed by atoms with Crippen molar-refractivity contribution in [1.29, 1.82) is 0 Å². The smallest absolute Gasteiger partial charge is 0.293 e. The van der Waals surface area contributed by atoms with E-state index in [4.69, 9.17) is 14.2 Å². The molecule has 1 aliphatic heterocycles. The van der Waals surface area contributed by atoms with E-state index in [9.17, 15) is 18.5 Å². The molecule has 0 fully saturated rings. The normalized spacial score (nSPS) is 14.5. The van der Waals surface area contributed by atoms with Gasteiger partial charge in [0.1, 0.15) is 19.0 Å². The van der Waals surface area contributed by atoms with E-state index in [2.05, 4.69) is 4.72 Å². The number of rotatable bonds is 7. The molecule has 1 aliphatic rings. The van der Waals surface area contributed by atoms with Crippen molar-refractivity contribution in [2.75, 3.05) is 20.3 Å². The number of hydrogen-bond acceptors (Lipinski definition) is 7. The van der Waals surface area contributed by atoms with Crippen molar-refractivity contribution in [3.8, 4) is 17.2 Å². The van der Waals surface area contributed by atoms with Gasteiger partial charge in [0.05, 0.1) is 18.1 Å². The molecule has 0 amide bonds. The summed E-state index contributed by atoms with van der Waals surface area (Å²) in [7, 11) is -2.84. The average Bonchev–Trinajstić information content (AvgIpc) is 2.71. The molecule has 0 saturated carbocycles. The molecule has 0 bridgehead atoms. The van der Waals surface area contributed by atoms with E-state index in [1.54, 1.807) is 18.2 Å². The van der Waals surface area contributed by atoms with E-state index in [0.29, 0.717) is 30.3 Å². The van der Waals surface area contributed by atoms with E-state index in [1.165, 1.54) is 19.2 Å². The highest BCUT2D eigenvalue weighted by Gasteiger charge is 2.31. The Morgan fingerprint density at radius 2 is 1.79 bits per heavy atom. The first-order valence-electron chi connectivity index (χ1n) is 8.97. The Balaban J connectivity index is 1.98. The number of benzene rings is 2. The summed E-state index contributed by atoms with van der Waals surface area (Å²) in [6, 6.07) is 8.20. The monoisotopic (exact) mass is 422 g/mol. The molecule has 2 aromatic rings. The highest BCUT2D eigenvalue weighted by molar-refractivity contribution is 7.89. The quantitative estimate of drug-likeness (QED) is 0.538. The third-order valence-corrected chi connectivity index (χ3v) is 6.01. The molecule has 1 unspecified atom stereocenters. The lowest BCUT2D eigenvalue weighted by Gasteiger charge is -2.25. The summed E-state index contributed by atoms with van der Waals surface area (Å²) < 4.78 is 44.7. The van der Waals surface area contributed by atoms with Crippen molar-refractivity contribution in [1.82, 2.24) is 4.72 Å². The van der Waals surface area contributed by atoms with Crippen molar-refractivity contribution < 1.29 is 27.6 Å². The Bertz CT molecular complexity index is 1020. The Morgan fingerprint density at radius 3 is 2.41 bits per heavy atom. The molecule has 0 aliphatic carbocycles. The van der Waals surface area contributed by atoms with Gasteiger partial charge in [0.25, 0.3) is 5.69 Å². The topological polar surface area (TPSA) is 117 Å². The van der Waals surface area contributed by atoms with Crippen molar-refractivity contribution in [3.05, 3.63) is 52.1 Å². The van der Waals surface area contributed by atoms with Crippen molar-refractivity contribution in [2.24, 2.45) is 5.92 Å². The summed E-state index contributed by atoms with van der Waals surface area (Å²) >= 11 is 0. The number of nitrogens with one attached hydrogen (secondary N) is 1. The predicted molar refractivity (Wildman–Crippen MR) is 105 cm³/mol. The van der Waals surface area contributed by atoms with Crippen LogP contribution >= 0.6 is 0 Å². The molecule has 0 spiro atoms. The Kier molecular flexibility index (Phi) is 5.94. The van der Waals surface area contributed by atoms with Crippen LogP contribution in [-0.4, -0.2) is 33.7 Å². The highest BCUT2D eigenvalue weighted by atomic mass is 32.2. The van der Waals surface area contributed by atoms with Gasteiger partial charge in [0.2, 0.25) is 10.0 Å². The molecule has 0 saturated heterocycles. The maximum atomic E-state index is 13.0. The standard InChI is InChI=1S/C19H22N2O7S/c1-12(2)19(13-4-6-16-17(10-13)28-9-8-27-16)20-29(24,25)18-7-5-14(26-3)11-15(18)21(22)23/h4-7,10-12,19-20H,8-9H2,1-3H3. The van der Waals surface area contributed by atoms with Crippen molar-refractivity contribution in [2.45, 2.75) is 24.8 Å². The lowest BCUT2D eigenvalue weighted by molar-refractivity contribution is -0.387. The number of fused-ring (bicyclic) bond motifs is 1. The molecule has 3 rings (SSSR count). The second-order valence-corrected chi connectivity index (χ2v) is 8.52. The molecule has 1 heterocycles. The van der Waals surface area contributed by atoms with Crippen LogP contribution in [0, 0.1) is 16.0 Å². The largest absolute Gasteiger partial charge is 0.497 e. The molecule has 0 aromatic heterocycles. The first kappa shape index (κ1) is 20.9. The lowest BCUT2D eigenvalue weighted by atomic mass is 9.97. The maximum absolute atomic E-state index is 13.0. The molecule has 1 N–H and O–H groups in total. The fourth-order valence-corrected chi connectivity index (χ4v) is 4.59. The van der Waals surface area contributed by atoms with E-state index >= 15 is 0 Å². The minimum atomic E-state index is -4.19. The number of sulfonamides is 1. The molecule has 10 heteroatoms. The van der Waals surface area contributed by atoms with Crippen LogP contribution in [0.5, 0.6) is 17.2 Å². The first-order chi connectivity index (χ1) is 13.7. The van der Waals surface area contributed by atoms with E-state index in [-0.39, 0.29) is 11.7 Å². The van der Waals surface area contributed by atoms with Crippen molar-refractivity contribution >= 4 is 15.7 Å². The zero-order valence-electron chi connectivity index (χ0n) is 16.2.